The second kappa shape index (κ2) is 9.96. The number of hydrogen-bond donors (Lipinski definition) is 1. The fourth-order valence-corrected chi connectivity index (χ4v) is 4.34. The second-order valence-electron chi connectivity index (χ2n) is 8.14. The van der Waals surface area contributed by atoms with E-state index in [1.165, 1.54) is 11.6 Å². The average Bonchev–Trinajstić information content (AvgIpc) is 2.81. The van der Waals surface area contributed by atoms with E-state index in [1.807, 2.05) is 49.4 Å². The summed E-state index contributed by atoms with van der Waals surface area (Å²) in [6, 6.07) is 23.3. The molecule has 0 bridgehead atoms. The smallest absolute Gasteiger partial charge is 0.260 e. The quantitative estimate of drug-likeness (QED) is 0.579. The van der Waals surface area contributed by atoms with Crippen LogP contribution < -0.4 is 10.1 Å². The van der Waals surface area contributed by atoms with Gasteiger partial charge >= 0.3 is 0 Å². The van der Waals surface area contributed by atoms with Crippen LogP contribution in [-0.4, -0.2) is 30.0 Å². The number of halogens is 1. The van der Waals surface area contributed by atoms with Crippen LogP contribution in [0.25, 0.3) is 0 Å². The first-order valence-electron chi connectivity index (χ1n) is 11.2. The summed E-state index contributed by atoms with van der Waals surface area (Å²) in [4.78, 5) is 14.4. The highest BCUT2D eigenvalue weighted by Gasteiger charge is 2.30. The van der Waals surface area contributed by atoms with Gasteiger partial charge in [-0.3, -0.25) is 9.69 Å². The van der Waals surface area contributed by atoms with Gasteiger partial charge in [0, 0.05) is 25.2 Å². The van der Waals surface area contributed by atoms with Crippen molar-refractivity contribution in [2.75, 3.05) is 13.1 Å². The van der Waals surface area contributed by atoms with E-state index < -0.39 is 6.10 Å². The number of benzene rings is 3. The van der Waals surface area contributed by atoms with Gasteiger partial charge < -0.3 is 10.1 Å². The van der Waals surface area contributed by atoms with E-state index >= 15 is 0 Å². The Morgan fingerprint density at radius 1 is 1.12 bits per heavy atom. The Kier molecular flexibility index (Phi) is 6.86. The molecule has 1 aliphatic heterocycles. The van der Waals surface area contributed by atoms with E-state index in [0.717, 1.165) is 24.1 Å². The first-order chi connectivity index (χ1) is 15.6. The summed E-state index contributed by atoms with van der Waals surface area (Å²) in [5.74, 6) is 0.347. The number of nitrogens with one attached hydrogen (secondary N) is 1. The number of nitrogens with zero attached hydrogens (tertiary/aromatic N) is 1. The zero-order chi connectivity index (χ0) is 22.5. The summed E-state index contributed by atoms with van der Waals surface area (Å²) in [6.07, 6.45) is 0.292. The summed E-state index contributed by atoms with van der Waals surface area (Å²) >= 11 is 0. The molecular formula is C27H29FN2O2. The van der Waals surface area contributed by atoms with Crippen molar-refractivity contribution in [1.29, 1.82) is 0 Å². The van der Waals surface area contributed by atoms with Gasteiger partial charge in [-0.2, -0.15) is 0 Å². The van der Waals surface area contributed by atoms with Gasteiger partial charge in [0.05, 0.1) is 6.04 Å². The topological polar surface area (TPSA) is 41.6 Å². The number of fused-ring (bicyclic) bond motifs is 1. The van der Waals surface area contributed by atoms with Crippen molar-refractivity contribution < 1.29 is 13.9 Å². The molecule has 2 atom stereocenters. The molecule has 3 aromatic rings. The maximum atomic E-state index is 14.4. The van der Waals surface area contributed by atoms with Crippen LogP contribution in [0.3, 0.4) is 0 Å². The lowest BCUT2D eigenvalue weighted by Gasteiger charge is -2.38. The van der Waals surface area contributed by atoms with Crippen LogP contribution in [0.4, 0.5) is 4.39 Å². The fraction of sp³-hybridized carbons (Fsp3) is 0.296. The Hall–Kier alpha value is -3.18. The minimum absolute atomic E-state index is 0.0251. The van der Waals surface area contributed by atoms with Crippen molar-refractivity contribution in [3.8, 4) is 5.75 Å². The largest absolute Gasteiger partial charge is 0.481 e. The number of ether oxygens (including phenoxy) is 1. The van der Waals surface area contributed by atoms with E-state index in [1.54, 1.807) is 13.0 Å². The standard InChI is InChI=1S/C27H29FN2O2/c1-3-29-27(31)19(2)32-23-14-13-20-15-16-30(18-22-11-7-8-12-25(22)28)26(24(20)17-23)21-9-5-4-6-10-21/h4-14,17,19,26H,3,15-16,18H2,1-2H3,(H,29,31)/t19-,26-/m0/s1. The minimum atomic E-state index is -0.582. The van der Waals surface area contributed by atoms with Crippen LogP contribution in [0.15, 0.2) is 72.8 Å². The average molecular weight is 433 g/mol. The lowest BCUT2D eigenvalue weighted by atomic mass is 9.87. The highest BCUT2D eigenvalue weighted by molar-refractivity contribution is 5.80. The third-order valence-corrected chi connectivity index (χ3v) is 5.93. The lowest BCUT2D eigenvalue weighted by Crippen LogP contribution is -2.37. The van der Waals surface area contributed by atoms with Crippen molar-refractivity contribution >= 4 is 5.91 Å². The first kappa shape index (κ1) is 22.0. The molecule has 4 nitrogen and oxygen atoms in total. The molecule has 0 spiro atoms. The van der Waals surface area contributed by atoms with Crippen LogP contribution in [0.5, 0.6) is 5.75 Å². The van der Waals surface area contributed by atoms with Crippen LogP contribution in [0.1, 0.15) is 42.1 Å². The lowest BCUT2D eigenvalue weighted by molar-refractivity contribution is -0.127. The maximum Gasteiger partial charge on any atom is 0.260 e. The van der Waals surface area contributed by atoms with Crippen LogP contribution in [0, 0.1) is 5.82 Å². The van der Waals surface area contributed by atoms with E-state index in [0.29, 0.717) is 24.4 Å². The highest BCUT2D eigenvalue weighted by atomic mass is 19.1. The molecule has 1 heterocycles. The Bertz CT molecular complexity index is 1070. The number of hydrogen-bond acceptors (Lipinski definition) is 3. The predicted octanol–water partition coefficient (Wildman–Crippen LogP) is 4.88. The van der Waals surface area contributed by atoms with E-state index in [-0.39, 0.29) is 17.8 Å². The van der Waals surface area contributed by atoms with Gasteiger partial charge in [-0.05, 0) is 55.2 Å². The molecule has 0 saturated carbocycles. The summed E-state index contributed by atoms with van der Waals surface area (Å²) in [5.41, 5.74) is 4.23. The fourth-order valence-electron chi connectivity index (χ4n) is 4.34. The molecule has 0 saturated heterocycles. The molecule has 1 N–H and O–H groups in total. The van der Waals surface area contributed by atoms with Crippen molar-refractivity contribution in [2.24, 2.45) is 0 Å². The van der Waals surface area contributed by atoms with Crippen LogP contribution in [0.2, 0.25) is 0 Å². The molecule has 0 radical (unpaired) electrons. The molecular weight excluding hydrogens is 403 g/mol. The van der Waals surface area contributed by atoms with Crippen molar-refractivity contribution in [1.82, 2.24) is 10.2 Å². The van der Waals surface area contributed by atoms with E-state index in [9.17, 15) is 9.18 Å². The predicted molar refractivity (Wildman–Crippen MR) is 124 cm³/mol. The number of likely N-dealkylation sites (N-methyl/N-ethyl adjacent to an activating group) is 1. The molecule has 3 aromatic carbocycles. The Balaban J connectivity index is 1.68. The Labute approximate surface area is 189 Å². The summed E-state index contributed by atoms with van der Waals surface area (Å²) < 4.78 is 20.4. The van der Waals surface area contributed by atoms with Crippen molar-refractivity contribution in [3.05, 3.63) is 101 Å². The molecule has 5 heteroatoms. The molecule has 1 amide bonds. The highest BCUT2D eigenvalue weighted by Crippen LogP contribution is 2.38. The molecule has 4 rings (SSSR count). The Morgan fingerprint density at radius 2 is 1.88 bits per heavy atom. The molecule has 0 fully saturated rings. The molecule has 0 aliphatic carbocycles. The van der Waals surface area contributed by atoms with Gasteiger partial charge in [0.2, 0.25) is 0 Å². The summed E-state index contributed by atoms with van der Waals surface area (Å²) in [6.45, 7) is 5.56. The van der Waals surface area contributed by atoms with Crippen molar-refractivity contribution in [3.63, 3.8) is 0 Å². The van der Waals surface area contributed by atoms with E-state index in [4.69, 9.17) is 4.74 Å². The van der Waals surface area contributed by atoms with Gasteiger partial charge in [0.25, 0.3) is 5.91 Å². The monoisotopic (exact) mass is 432 g/mol. The summed E-state index contributed by atoms with van der Waals surface area (Å²) in [7, 11) is 0. The van der Waals surface area contributed by atoms with Crippen molar-refractivity contribution in [2.45, 2.75) is 39.0 Å². The SMILES string of the molecule is CCNC(=O)[C@H](C)Oc1ccc2c(c1)[C@H](c1ccccc1)N(Cc1ccccc1F)CC2. The van der Waals surface area contributed by atoms with Gasteiger partial charge in [-0.15, -0.1) is 0 Å². The van der Waals surface area contributed by atoms with Gasteiger partial charge in [0.15, 0.2) is 6.10 Å². The number of amides is 1. The van der Waals surface area contributed by atoms with Gasteiger partial charge in [-0.1, -0.05) is 54.6 Å². The zero-order valence-corrected chi connectivity index (χ0v) is 18.6. The number of carbonyl (C=O) groups excluding carboxylic acids is 1. The minimum Gasteiger partial charge on any atom is -0.481 e. The first-order valence-corrected chi connectivity index (χ1v) is 11.2. The molecule has 32 heavy (non-hydrogen) atoms. The van der Waals surface area contributed by atoms with Crippen LogP contribution >= 0.6 is 0 Å². The molecule has 1 aliphatic rings. The normalized spacial score (nSPS) is 16.8. The van der Waals surface area contributed by atoms with Crippen LogP contribution in [-0.2, 0) is 17.8 Å². The van der Waals surface area contributed by atoms with Gasteiger partial charge in [-0.25, -0.2) is 4.39 Å². The number of rotatable bonds is 7. The molecule has 0 aromatic heterocycles. The summed E-state index contributed by atoms with van der Waals surface area (Å²) in [5, 5.41) is 2.79. The third kappa shape index (κ3) is 4.83. The second-order valence-corrected chi connectivity index (χ2v) is 8.14. The third-order valence-electron chi connectivity index (χ3n) is 5.93. The molecule has 166 valence electrons. The van der Waals surface area contributed by atoms with E-state index in [2.05, 4.69) is 28.4 Å². The molecule has 0 unspecified atom stereocenters. The zero-order valence-electron chi connectivity index (χ0n) is 18.6. The number of carbonyl (C=O) groups is 1. The van der Waals surface area contributed by atoms with Gasteiger partial charge in [0.1, 0.15) is 11.6 Å². The maximum absolute atomic E-state index is 14.4. The Morgan fingerprint density at radius 3 is 2.62 bits per heavy atom.